The number of carbonyl (C=O) groups excluding carboxylic acids is 1. The predicted molar refractivity (Wildman–Crippen MR) is 146 cm³/mol. The summed E-state index contributed by atoms with van der Waals surface area (Å²) >= 11 is 0. The lowest BCUT2D eigenvalue weighted by atomic mass is 10.1. The van der Waals surface area contributed by atoms with E-state index in [1.165, 1.54) is 21.5 Å². The minimum atomic E-state index is -1.93. The van der Waals surface area contributed by atoms with E-state index >= 15 is 0 Å². The van der Waals surface area contributed by atoms with E-state index < -0.39 is 7.26 Å². The summed E-state index contributed by atoms with van der Waals surface area (Å²) in [5, 5.41) is 4.11. The Morgan fingerprint density at radius 3 is 1.56 bits per heavy atom. The number of benzene rings is 4. The first-order chi connectivity index (χ1) is 16.6. The first kappa shape index (κ1) is 23.7. The first-order valence-electron chi connectivity index (χ1n) is 11.6. The molecule has 0 unspecified atom stereocenters. The average Bonchev–Trinajstić information content (AvgIpc) is 2.89. The molecular formula is C31H30O2P+. The Labute approximate surface area is 203 Å². The second kappa shape index (κ2) is 11.1. The average molecular weight is 466 g/mol. The second-order valence-corrected chi connectivity index (χ2v) is 11.7. The zero-order valence-electron chi connectivity index (χ0n) is 19.7. The molecule has 170 valence electrons. The molecule has 0 bridgehead atoms. The van der Waals surface area contributed by atoms with Gasteiger partial charge in [0, 0.05) is 6.08 Å². The molecular weight excluding hydrogens is 435 g/mol. The Morgan fingerprint density at radius 2 is 1.15 bits per heavy atom. The molecule has 0 atom stereocenters. The number of rotatable bonds is 8. The van der Waals surface area contributed by atoms with E-state index in [9.17, 15) is 4.79 Å². The van der Waals surface area contributed by atoms with Crippen LogP contribution in [0.25, 0.3) is 5.57 Å². The monoisotopic (exact) mass is 465 g/mol. The quantitative estimate of drug-likeness (QED) is 0.177. The van der Waals surface area contributed by atoms with Crippen LogP contribution in [-0.4, -0.2) is 12.6 Å². The highest BCUT2D eigenvalue weighted by Crippen LogP contribution is 2.58. The Hall–Kier alpha value is -3.48. The van der Waals surface area contributed by atoms with Crippen LogP contribution in [0.15, 0.2) is 121 Å². The van der Waals surface area contributed by atoms with Crippen molar-refractivity contribution in [2.45, 2.75) is 20.0 Å². The highest BCUT2D eigenvalue weighted by Gasteiger charge is 2.45. The van der Waals surface area contributed by atoms with Gasteiger partial charge in [-0.15, -0.1) is 0 Å². The van der Waals surface area contributed by atoms with Gasteiger partial charge in [0.1, 0.15) is 23.2 Å². The second-order valence-electron chi connectivity index (χ2n) is 8.25. The number of ether oxygens (including phenoxy) is 1. The number of allylic oxidation sites excluding steroid dienone is 1. The maximum Gasteiger partial charge on any atom is 0.331 e. The van der Waals surface area contributed by atoms with Crippen LogP contribution in [-0.2, 0) is 15.7 Å². The van der Waals surface area contributed by atoms with Crippen LogP contribution in [0.2, 0.25) is 0 Å². The topological polar surface area (TPSA) is 26.3 Å². The van der Waals surface area contributed by atoms with Gasteiger partial charge >= 0.3 is 5.97 Å². The summed E-state index contributed by atoms with van der Waals surface area (Å²) in [6, 6.07) is 41.3. The maximum absolute atomic E-state index is 11.9. The lowest BCUT2D eigenvalue weighted by Gasteiger charge is -2.28. The Balaban J connectivity index is 1.79. The lowest BCUT2D eigenvalue weighted by Crippen LogP contribution is -2.32. The molecule has 0 amide bonds. The van der Waals surface area contributed by atoms with Crippen molar-refractivity contribution in [1.29, 1.82) is 0 Å². The molecule has 4 aromatic rings. The molecule has 0 fully saturated rings. The smallest absolute Gasteiger partial charge is 0.331 e. The Bertz CT molecular complexity index is 1130. The van der Waals surface area contributed by atoms with E-state index in [0.29, 0.717) is 6.61 Å². The van der Waals surface area contributed by atoms with Gasteiger partial charge in [0.05, 0.1) is 12.8 Å². The lowest BCUT2D eigenvalue weighted by molar-refractivity contribution is -0.137. The molecule has 0 N–H and O–H groups in total. The van der Waals surface area contributed by atoms with E-state index in [1.54, 1.807) is 6.08 Å². The van der Waals surface area contributed by atoms with Crippen LogP contribution in [0.5, 0.6) is 0 Å². The van der Waals surface area contributed by atoms with Crippen LogP contribution in [0.1, 0.15) is 25.0 Å². The number of hydrogen-bond donors (Lipinski definition) is 0. The van der Waals surface area contributed by atoms with Crippen LogP contribution in [0, 0.1) is 0 Å². The van der Waals surface area contributed by atoms with Crippen molar-refractivity contribution in [1.82, 2.24) is 0 Å². The summed E-state index contributed by atoms with van der Waals surface area (Å²) in [4.78, 5) is 11.9. The third kappa shape index (κ3) is 5.19. The Morgan fingerprint density at radius 1 is 0.706 bits per heavy atom. The fourth-order valence-electron chi connectivity index (χ4n) is 4.36. The van der Waals surface area contributed by atoms with E-state index in [1.807, 2.05) is 13.8 Å². The van der Waals surface area contributed by atoms with Crippen molar-refractivity contribution in [3.63, 3.8) is 0 Å². The summed E-state index contributed by atoms with van der Waals surface area (Å²) in [6.45, 7) is 4.14. The molecule has 4 aromatic carbocycles. The van der Waals surface area contributed by atoms with E-state index in [4.69, 9.17) is 4.74 Å². The van der Waals surface area contributed by atoms with Gasteiger partial charge in [-0.2, -0.15) is 0 Å². The zero-order valence-corrected chi connectivity index (χ0v) is 20.6. The molecule has 0 aliphatic rings. The van der Waals surface area contributed by atoms with Gasteiger partial charge in [-0.05, 0) is 66.9 Å². The molecule has 0 saturated carbocycles. The van der Waals surface area contributed by atoms with E-state index in [2.05, 4.69) is 115 Å². The third-order valence-corrected chi connectivity index (χ3v) is 10.4. The minimum Gasteiger partial charge on any atom is -0.463 e. The molecule has 3 heteroatoms. The molecule has 0 spiro atoms. The predicted octanol–water partition coefficient (Wildman–Crippen LogP) is 6.15. The van der Waals surface area contributed by atoms with Gasteiger partial charge in [-0.1, -0.05) is 78.9 Å². The van der Waals surface area contributed by atoms with Crippen molar-refractivity contribution in [3.05, 3.63) is 132 Å². The third-order valence-electron chi connectivity index (χ3n) is 6.04. The molecule has 0 heterocycles. The van der Waals surface area contributed by atoms with Crippen molar-refractivity contribution in [2.75, 3.05) is 6.61 Å². The number of esters is 1. The van der Waals surface area contributed by atoms with Crippen molar-refractivity contribution in [2.24, 2.45) is 0 Å². The van der Waals surface area contributed by atoms with Gasteiger partial charge in [-0.25, -0.2) is 4.79 Å². The zero-order chi connectivity index (χ0) is 23.8. The van der Waals surface area contributed by atoms with Gasteiger partial charge in [0.25, 0.3) is 0 Å². The first-order valence-corrected chi connectivity index (χ1v) is 13.6. The highest BCUT2D eigenvalue weighted by atomic mass is 31.2. The van der Waals surface area contributed by atoms with Crippen LogP contribution in [0.3, 0.4) is 0 Å². The van der Waals surface area contributed by atoms with E-state index in [-0.39, 0.29) is 5.97 Å². The van der Waals surface area contributed by atoms with Crippen LogP contribution >= 0.6 is 7.26 Å². The molecule has 34 heavy (non-hydrogen) atoms. The summed E-state index contributed by atoms with van der Waals surface area (Å²) < 4.78 is 5.06. The molecule has 2 nitrogen and oxygen atoms in total. The molecule has 0 radical (unpaired) electrons. The fourth-order valence-corrected chi connectivity index (χ4v) is 8.60. The Kier molecular flexibility index (Phi) is 7.72. The van der Waals surface area contributed by atoms with Gasteiger partial charge in [0.2, 0.25) is 0 Å². The van der Waals surface area contributed by atoms with Crippen molar-refractivity contribution in [3.8, 4) is 0 Å². The minimum absolute atomic E-state index is 0.300. The van der Waals surface area contributed by atoms with Crippen molar-refractivity contribution >= 4 is 34.7 Å². The standard InChI is InChI=1S/C31H30O2P/c1-3-33-31(32)23-25(2)27-21-19-26(20-22-27)24-34(28-13-7-4-8-14-28,29-15-9-5-10-16-29)30-17-11-6-12-18-30/h4-23H,3,24H2,1-2H3/q+1/b25-23+. The number of hydrogen-bond acceptors (Lipinski definition) is 2. The van der Waals surface area contributed by atoms with Gasteiger partial charge in [0.15, 0.2) is 0 Å². The normalized spacial score (nSPS) is 11.8. The molecule has 4 rings (SSSR count). The van der Waals surface area contributed by atoms with Crippen LogP contribution in [0.4, 0.5) is 0 Å². The van der Waals surface area contributed by atoms with Crippen molar-refractivity contribution < 1.29 is 9.53 Å². The van der Waals surface area contributed by atoms with Gasteiger partial charge < -0.3 is 4.74 Å². The molecule has 0 aliphatic carbocycles. The van der Waals surface area contributed by atoms with Gasteiger partial charge in [-0.3, -0.25) is 0 Å². The van der Waals surface area contributed by atoms with E-state index in [0.717, 1.165) is 17.3 Å². The largest absolute Gasteiger partial charge is 0.463 e. The number of carbonyl (C=O) groups is 1. The highest BCUT2D eigenvalue weighted by molar-refractivity contribution is 7.95. The van der Waals surface area contributed by atoms with Crippen LogP contribution < -0.4 is 15.9 Å². The summed E-state index contributed by atoms with van der Waals surface area (Å²) in [5.41, 5.74) is 3.21. The fraction of sp³-hybridized carbons (Fsp3) is 0.129. The summed E-state index contributed by atoms with van der Waals surface area (Å²) in [5.74, 6) is -0.300. The summed E-state index contributed by atoms with van der Waals surface area (Å²) in [7, 11) is -1.93. The maximum atomic E-state index is 11.9. The summed E-state index contributed by atoms with van der Waals surface area (Å²) in [6.07, 6.45) is 2.49. The molecule has 0 saturated heterocycles. The SMILES string of the molecule is CCOC(=O)/C=C(\C)c1ccc(C[P+](c2ccccc2)(c2ccccc2)c2ccccc2)cc1. The molecule has 0 aromatic heterocycles. The molecule has 0 aliphatic heterocycles.